The van der Waals surface area contributed by atoms with E-state index in [1.807, 2.05) is 6.07 Å². The molecule has 10 heteroatoms. The summed E-state index contributed by atoms with van der Waals surface area (Å²) < 4.78 is 19.2. The molecular weight excluding hydrogens is 435 g/mol. The lowest BCUT2D eigenvalue weighted by molar-refractivity contribution is 0.0520. The predicted molar refractivity (Wildman–Crippen MR) is 116 cm³/mol. The maximum atomic E-state index is 14.3. The topological polar surface area (TPSA) is 104 Å². The normalized spacial score (nSPS) is 12.6. The van der Waals surface area contributed by atoms with Gasteiger partial charge in [0.15, 0.2) is 0 Å². The second kappa shape index (κ2) is 9.16. The van der Waals surface area contributed by atoms with Crippen molar-refractivity contribution >= 4 is 34.9 Å². The molecule has 0 saturated heterocycles. The van der Waals surface area contributed by atoms with E-state index in [-0.39, 0.29) is 18.0 Å². The number of halogens is 2. The van der Waals surface area contributed by atoms with Crippen LogP contribution in [0.1, 0.15) is 34.1 Å². The Morgan fingerprint density at radius 3 is 2.91 bits per heavy atom. The predicted octanol–water partition coefficient (Wildman–Crippen LogP) is 4.02. The van der Waals surface area contributed by atoms with Gasteiger partial charge in [-0.15, -0.1) is 0 Å². The number of esters is 1. The van der Waals surface area contributed by atoms with Gasteiger partial charge in [0.2, 0.25) is 0 Å². The second-order valence-corrected chi connectivity index (χ2v) is 7.40. The van der Waals surface area contributed by atoms with Crippen LogP contribution < -0.4 is 10.2 Å². The van der Waals surface area contributed by atoms with E-state index < -0.39 is 11.8 Å². The summed E-state index contributed by atoms with van der Waals surface area (Å²) in [5.74, 6) is -0.736. The highest BCUT2D eigenvalue weighted by atomic mass is 35.5. The van der Waals surface area contributed by atoms with Crippen molar-refractivity contribution < 1.29 is 13.9 Å². The van der Waals surface area contributed by atoms with E-state index in [2.05, 4.69) is 31.2 Å². The van der Waals surface area contributed by atoms with Crippen LogP contribution >= 0.6 is 11.6 Å². The minimum absolute atomic E-state index is 0.150. The Morgan fingerprint density at radius 1 is 1.34 bits per heavy atom. The number of nitriles is 1. The highest BCUT2D eigenvalue weighted by Crippen LogP contribution is 2.30. The minimum atomic E-state index is -0.758. The number of ether oxygens (including phenoxy) is 1. The van der Waals surface area contributed by atoms with Crippen molar-refractivity contribution in [3.05, 3.63) is 70.0 Å². The molecular formula is C22H18ClFN6O2. The fraction of sp³-hybridized carbons (Fsp3) is 0.227. The minimum Gasteiger partial charge on any atom is -0.462 e. The van der Waals surface area contributed by atoms with Crippen molar-refractivity contribution in [1.29, 1.82) is 5.26 Å². The van der Waals surface area contributed by atoms with E-state index in [1.54, 1.807) is 19.1 Å². The van der Waals surface area contributed by atoms with Crippen molar-refractivity contribution in [1.82, 2.24) is 15.0 Å². The van der Waals surface area contributed by atoms with Crippen LogP contribution in [0.4, 0.5) is 21.7 Å². The number of rotatable bonds is 5. The molecule has 1 aliphatic heterocycles. The van der Waals surface area contributed by atoms with E-state index in [0.29, 0.717) is 35.9 Å². The summed E-state index contributed by atoms with van der Waals surface area (Å²) in [4.78, 5) is 26.7. The van der Waals surface area contributed by atoms with Gasteiger partial charge in [-0.2, -0.15) is 5.26 Å². The summed E-state index contributed by atoms with van der Waals surface area (Å²) in [5.41, 5.74) is 2.82. The molecule has 0 bridgehead atoms. The fourth-order valence-electron chi connectivity index (χ4n) is 3.45. The molecule has 0 saturated carbocycles. The Bertz CT molecular complexity index is 1230. The van der Waals surface area contributed by atoms with Crippen molar-refractivity contribution in [2.24, 2.45) is 0 Å². The number of nitrogens with zero attached hydrogens (tertiary/aromatic N) is 5. The first-order valence-corrected chi connectivity index (χ1v) is 10.2. The Labute approximate surface area is 188 Å². The smallest absolute Gasteiger partial charge is 0.342 e. The number of carbonyl (C=O) groups is 1. The molecule has 0 radical (unpaired) electrons. The monoisotopic (exact) mass is 452 g/mol. The Kier molecular flexibility index (Phi) is 6.14. The molecule has 0 spiro atoms. The number of fused-ring (bicyclic) bond motifs is 1. The molecule has 32 heavy (non-hydrogen) atoms. The van der Waals surface area contributed by atoms with Gasteiger partial charge < -0.3 is 15.0 Å². The SMILES string of the molecule is CCOC(=O)c1cnc(Nc2ncnc3c2CCN(c2ccc(C#N)c(Cl)c2)C3)cc1F. The molecule has 8 nitrogen and oxygen atoms in total. The van der Waals surface area contributed by atoms with Gasteiger partial charge in [0.05, 0.1) is 29.4 Å². The molecule has 1 aromatic carbocycles. The lowest BCUT2D eigenvalue weighted by Gasteiger charge is -2.30. The van der Waals surface area contributed by atoms with Crippen molar-refractivity contribution in [3.8, 4) is 6.07 Å². The number of carbonyl (C=O) groups excluding carboxylic acids is 1. The molecule has 1 aliphatic rings. The summed E-state index contributed by atoms with van der Waals surface area (Å²) in [6.45, 7) is 3.00. The summed E-state index contributed by atoms with van der Waals surface area (Å²) in [5, 5.41) is 12.5. The number of nitrogens with one attached hydrogen (secondary N) is 1. The number of pyridine rings is 1. The summed E-state index contributed by atoms with van der Waals surface area (Å²) in [6.07, 6.45) is 3.21. The molecule has 0 aliphatic carbocycles. The number of hydrogen-bond donors (Lipinski definition) is 1. The van der Waals surface area contributed by atoms with E-state index in [9.17, 15) is 9.18 Å². The van der Waals surface area contributed by atoms with Crippen LogP contribution in [0.5, 0.6) is 0 Å². The van der Waals surface area contributed by atoms with Crippen LogP contribution in [0.2, 0.25) is 5.02 Å². The number of aromatic nitrogens is 3. The Balaban J connectivity index is 1.54. The maximum absolute atomic E-state index is 14.3. The van der Waals surface area contributed by atoms with Crippen LogP contribution in [-0.2, 0) is 17.7 Å². The van der Waals surface area contributed by atoms with Gasteiger partial charge >= 0.3 is 5.97 Å². The third-order valence-corrected chi connectivity index (χ3v) is 5.35. The second-order valence-electron chi connectivity index (χ2n) is 6.99. The summed E-state index contributed by atoms with van der Waals surface area (Å²) in [6, 6.07) is 8.50. The van der Waals surface area contributed by atoms with Crippen molar-refractivity contribution in [2.45, 2.75) is 19.9 Å². The third-order valence-electron chi connectivity index (χ3n) is 5.04. The molecule has 0 unspecified atom stereocenters. The molecule has 3 aromatic rings. The third kappa shape index (κ3) is 4.31. The van der Waals surface area contributed by atoms with Crippen molar-refractivity contribution in [2.75, 3.05) is 23.4 Å². The number of benzene rings is 1. The zero-order chi connectivity index (χ0) is 22.7. The van der Waals surface area contributed by atoms with Gasteiger partial charge in [-0.25, -0.2) is 24.1 Å². The number of hydrogen-bond acceptors (Lipinski definition) is 8. The largest absolute Gasteiger partial charge is 0.462 e. The summed E-state index contributed by atoms with van der Waals surface area (Å²) in [7, 11) is 0. The van der Waals surface area contributed by atoms with Gasteiger partial charge in [-0.1, -0.05) is 11.6 Å². The summed E-state index contributed by atoms with van der Waals surface area (Å²) >= 11 is 6.17. The van der Waals surface area contributed by atoms with E-state index in [0.717, 1.165) is 29.2 Å². The van der Waals surface area contributed by atoms with Crippen LogP contribution in [0.25, 0.3) is 0 Å². The molecule has 0 fully saturated rings. The van der Waals surface area contributed by atoms with Gasteiger partial charge in [-0.05, 0) is 31.5 Å². The van der Waals surface area contributed by atoms with E-state index >= 15 is 0 Å². The maximum Gasteiger partial charge on any atom is 0.342 e. The van der Waals surface area contributed by atoms with Crippen LogP contribution in [-0.4, -0.2) is 34.1 Å². The van der Waals surface area contributed by atoms with Gasteiger partial charge in [0.25, 0.3) is 0 Å². The highest BCUT2D eigenvalue weighted by Gasteiger charge is 2.22. The first kappa shape index (κ1) is 21.5. The number of anilines is 3. The molecule has 3 heterocycles. The van der Waals surface area contributed by atoms with E-state index in [1.165, 1.54) is 6.33 Å². The quantitative estimate of drug-likeness (QED) is 0.579. The van der Waals surface area contributed by atoms with Gasteiger partial charge in [-0.3, -0.25) is 0 Å². The van der Waals surface area contributed by atoms with Gasteiger partial charge in [0.1, 0.15) is 35.4 Å². The highest BCUT2D eigenvalue weighted by molar-refractivity contribution is 6.32. The molecule has 0 amide bonds. The molecule has 4 rings (SSSR count). The molecule has 1 N–H and O–H groups in total. The zero-order valence-electron chi connectivity index (χ0n) is 17.1. The first-order chi connectivity index (χ1) is 15.5. The molecule has 2 aromatic heterocycles. The first-order valence-electron chi connectivity index (χ1n) is 9.87. The van der Waals surface area contributed by atoms with Crippen LogP contribution in [0.3, 0.4) is 0 Å². The van der Waals surface area contributed by atoms with Crippen LogP contribution in [0.15, 0.2) is 36.8 Å². The average molecular weight is 453 g/mol. The molecule has 0 atom stereocenters. The van der Waals surface area contributed by atoms with Crippen molar-refractivity contribution in [3.63, 3.8) is 0 Å². The Hall–Kier alpha value is -3.77. The van der Waals surface area contributed by atoms with E-state index in [4.69, 9.17) is 21.6 Å². The Morgan fingerprint density at radius 2 is 2.19 bits per heavy atom. The van der Waals surface area contributed by atoms with Crippen LogP contribution in [0, 0.1) is 17.1 Å². The average Bonchev–Trinajstić information content (AvgIpc) is 2.79. The zero-order valence-corrected chi connectivity index (χ0v) is 17.9. The van der Waals surface area contributed by atoms with Gasteiger partial charge in [0, 0.05) is 30.1 Å². The molecule has 162 valence electrons. The lowest BCUT2D eigenvalue weighted by atomic mass is 10.0. The lowest BCUT2D eigenvalue weighted by Crippen LogP contribution is -2.31. The standard InChI is InChI=1S/C22H18ClFN6O2/c1-2-32-22(31)16-10-26-20(8-18(16)24)29-21-15-5-6-30(11-19(15)27-12-28-21)14-4-3-13(9-25)17(23)7-14/h3-4,7-8,10,12H,2,5-6,11H2,1H3,(H,26,27,28,29). The fourth-order valence-corrected chi connectivity index (χ4v) is 3.67.